The van der Waals surface area contributed by atoms with Gasteiger partial charge in [-0.3, -0.25) is 9.59 Å². The number of carbonyl (C=O) groups is 3. The molecule has 454 valence electrons. The highest BCUT2D eigenvalue weighted by molar-refractivity contribution is 5.87. The summed E-state index contributed by atoms with van der Waals surface area (Å²) in [5, 5.41) is 65.6. The van der Waals surface area contributed by atoms with Crippen LogP contribution < -0.4 is 0 Å². The average Bonchev–Trinajstić information content (AvgIpc) is 2.98. The zero-order valence-corrected chi connectivity index (χ0v) is 48.1. The molecule has 4 aliphatic heterocycles. The molecule has 0 spiro atoms. The van der Waals surface area contributed by atoms with Crippen LogP contribution >= 0.6 is 0 Å². The van der Waals surface area contributed by atoms with Crippen molar-refractivity contribution in [3.63, 3.8) is 0 Å². The number of allylic oxidation sites excluding steroid dienone is 1. The molecule has 0 amide bonds. The van der Waals surface area contributed by atoms with Gasteiger partial charge in [0.15, 0.2) is 25.2 Å². The van der Waals surface area contributed by atoms with Crippen molar-refractivity contribution in [1.29, 1.82) is 0 Å². The van der Waals surface area contributed by atoms with E-state index in [2.05, 4.69) is 13.0 Å². The monoisotopic (exact) mass is 1150 g/mol. The number of benzene rings is 1. The first-order valence-corrected chi connectivity index (χ1v) is 28.7. The summed E-state index contributed by atoms with van der Waals surface area (Å²) in [6, 6.07) is 9.36. The number of Topliss-reactive ketones (excluding diaryl/α,β-unsaturated/α-hetero) is 1. The van der Waals surface area contributed by atoms with Crippen LogP contribution in [0.3, 0.4) is 0 Å². The molecule has 27 atom stereocenters. The highest BCUT2D eigenvalue weighted by Crippen LogP contribution is 2.69. The molecule has 22 heteroatoms. The van der Waals surface area contributed by atoms with E-state index in [9.17, 15) is 45.0 Å². The van der Waals surface area contributed by atoms with Gasteiger partial charge in [-0.25, -0.2) is 4.79 Å². The minimum Gasteiger partial charge on any atom is -0.458 e. The number of carbonyl (C=O) groups excluding carboxylic acids is 3. The van der Waals surface area contributed by atoms with Gasteiger partial charge >= 0.3 is 11.9 Å². The van der Waals surface area contributed by atoms with Gasteiger partial charge in [0.1, 0.15) is 72.9 Å². The minimum absolute atomic E-state index is 0.118. The summed E-state index contributed by atoms with van der Waals surface area (Å²) in [5.74, 6) is -2.86. The Bertz CT molecular complexity index is 2390. The molecule has 0 bridgehead atoms. The van der Waals surface area contributed by atoms with Gasteiger partial charge in [0, 0.05) is 64.4 Å². The maximum atomic E-state index is 14.0. The van der Waals surface area contributed by atoms with Crippen molar-refractivity contribution < 1.29 is 107 Å². The minimum atomic E-state index is -1.68. The number of rotatable bonds is 17. The van der Waals surface area contributed by atoms with Gasteiger partial charge in [0.25, 0.3) is 0 Å². The van der Waals surface area contributed by atoms with E-state index in [1.807, 2.05) is 44.2 Å². The largest absolute Gasteiger partial charge is 0.458 e. The number of fused-ring (bicyclic) bond motifs is 5. The van der Waals surface area contributed by atoms with E-state index in [1.165, 1.54) is 34.1 Å². The van der Waals surface area contributed by atoms with E-state index in [-0.39, 0.29) is 18.3 Å². The number of methoxy groups -OCH3 is 3. The van der Waals surface area contributed by atoms with E-state index in [1.54, 1.807) is 27.0 Å². The van der Waals surface area contributed by atoms with Gasteiger partial charge in [-0.1, -0.05) is 55.8 Å². The fraction of sp³-hybridized carbons (Fsp3) is 0.780. The Morgan fingerprint density at radius 1 is 0.691 bits per heavy atom. The molecule has 9 rings (SSSR count). The molecule has 4 saturated heterocycles. The number of aliphatic hydroxyl groups excluding tert-OH is 5. The average molecular weight is 1150 g/mol. The highest BCUT2D eigenvalue weighted by atomic mass is 16.8. The zero-order valence-electron chi connectivity index (χ0n) is 48.1. The Morgan fingerprint density at radius 3 is 1.93 bits per heavy atom. The van der Waals surface area contributed by atoms with E-state index in [4.69, 9.17) is 61.6 Å². The third-order valence-corrected chi connectivity index (χ3v) is 19.5. The van der Waals surface area contributed by atoms with Crippen molar-refractivity contribution in [2.24, 2.45) is 28.6 Å². The summed E-state index contributed by atoms with van der Waals surface area (Å²) in [7, 11) is 4.50. The van der Waals surface area contributed by atoms with Crippen LogP contribution in [0.5, 0.6) is 0 Å². The molecule has 0 aromatic heterocycles. The van der Waals surface area contributed by atoms with E-state index in [0.717, 1.165) is 11.1 Å². The third kappa shape index (κ3) is 11.9. The predicted molar refractivity (Wildman–Crippen MR) is 283 cm³/mol. The molecule has 7 fully saturated rings. The Labute approximate surface area is 473 Å². The number of aliphatic hydroxyl groups is 6. The van der Waals surface area contributed by atoms with Crippen LogP contribution in [0.15, 0.2) is 48.1 Å². The zero-order chi connectivity index (χ0) is 58.5. The second-order valence-electron chi connectivity index (χ2n) is 24.1. The van der Waals surface area contributed by atoms with Gasteiger partial charge in [-0.05, 0) is 89.2 Å². The lowest BCUT2D eigenvalue weighted by molar-refractivity contribution is -0.373. The maximum Gasteiger partial charge on any atom is 0.331 e. The second kappa shape index (κ2) is 25.3. The fourth-order valence-electron chi connectivity index (χ4n) is 15.3. The van der Waals surface area contributed by atoms with Crippen LogP contribution in [0.1, 0.15) is 105 Å². The van der Waals surface area contributed by atoms with E-state index in [0.29, 0.717) is 44.9 Å². The van der Waals surface area contributed by atoms with Crippen molar-refractivity contribution in [3.05, 3.63) is 53.6 Å². The lowest BCUT2D eigenvalue weighted by Crippen LogP contribution is -2.72. The lowest BCUT2D eigenvalue weighted by atomic mass is 9.44. The number of hydrogen-bond acceptors (Lipinski definition) is 22. The summed E-state index contributed by atoms with van der Waals surface area (Å²) < 4.78 is 80.9. The normalized spacial score (nSPS) is 47.1. The smallest absolute Gasteiger partial charge is 0.331 e. The van der Waals surface area contributed by atoms with Crippen LogP contribution in [-0.2, 0) is 76.0 Å². The maximum absolute atomic E-state index is 14.0. The molecule has 27 unspecified atom stereocenters. The Hall–Kier alpha value is -3.37. The molecule has 0 radical (unpaired) electrons. The van der Waals surface area contributed by atoms with E-state index < -0.39 is 176 Å². The summed E-state index contributed by atoms with van der Waals surface area (Å²) in [6.45, 7) is 11.5. The molecule has 1 aromatic carbocycles. The molecule has 81 heavy (non-hydrogen) atoms. The first-order valence-electron chi connectivity index (χ1n) is 28.7. The summed E-state index contributed by atoms with van der Waals surface area (Å²) in [6.07, 6.45) is -12.0. The van der Waals surface area contributed by atoms with Crippen molar-refractivity contribution >= 4 is 23.8 Å². The van der Waals surface area contributed by atoms with Crippen molar-refractivity contribution in [1.82, 2.24) is 0 Å². The van der Waals surface area contributed by atoms with Crippen molar-refractivity contribution in [3.8, 4) is 0 Å². The standard InChI is InChI=1S/C59H86O22/c1-28(61)36-21-23-59(68)37-18-17-34-24-35(20-22-57(34,6)44(37)52(54(58(36,59)7)75-32(5)62)78-41(63)19-16-33-14-12-11-13-15-33)76-42-25-38(69-8)49(29(2)72-42)79-43-26-39(70-9)50(30(3)73-43)80-56-48(67)53(71-10)51(31(4)74-56)81-55-47(66)46(65)45(64)40(27-60)77-55/h11-17,19,29-31,35-40,42-56,60,64-68H,18,20-27H2,1-10H3. The van der Waals surface area contributed by atoms with Crippen molar-refractivity contribution in [2.45, 2.75) is 234 Å². The van der Waals surface area contributed by atoms with Crippen molar-refractivity contribution in [2.75, 3.05) is 27.9 Å². The van der Waals surface area contributed by atoms with Gasteiger partial charge in [-0.15, -0.1) is 0 Å². The predicted octanol–water partition coefficient (Wildman–Crippen LogP) is 2.81. The van der Waals surface area contributed by atoms with Gasteiger partial charge in [0.05, 0.1) is 48.8 Å². The quantitative estimate of drug-likeness (QED) is 0.0743. The molecular formula is C59H86O22. The summed E-state index contributed by atoms with van der Waals surface area (Å²) in [5.41, 5.74) is -1.38. The van der Waals surface area contributed by atoms with Gasteiger partial charge in [-0.2, -0.15) is 0 Å². The fourth-order valence-corrected chi connectivity index (χ4v) is 15.3. The van der Waals surface area contributed by atoms with Crippen LogP contribution in [0.2, 0.25) is 0 Å². The second-order valence-corrected chi connectivity index (χ2v) is 24.1. The number of hydrogen-bond donors (Lipinski definition) is 6. The summed E-state index contributed by atoms with van der Waals surface area (Å²) >= 11 is 0. The molecule has 22 nitrogen and oxygen atoms in total. The Balaban J connectivity index is 0.838. The topological polar surface area (TPSA) is 293 Å². The molecule has 4 heterocycles. The molecular weight excluding hydrogens is 1060 g/mol. The Kier molecular flexibility index (Phi) is 19.4. The van der Waals surface area contributed by atoms with Gasteiger partial charge in [0.2, 0.25) is 0 Å². The van der Waals surface area contributed by atoms with Crippen LogP contribution in [0.25, 0.3) is 6.08 Å². The molecule has 3 saturated carbocycles. The summed E-state index contributed by atoms with van der Waals surface area (Å²) in [4.78, 5) is 40.5. The Morgan fingerprint density at radius 2 is 1.31 bits per heavy atom. The van der Waals surface area contributed by atoms with E-state index >= 15 is 0 Å². The SMILES string of the molecule is COC1CC(OC2CCC3(C)C(=CCC4C3C(OC(=O)C=Cc3ccccc3)C(OC(C)=O)C3(C)C(C(C)=O)CCC43O)C2)OC(C)C1OC1CC(OC)C(OC2OC(C)C(OC3OC(CO)C(O)C(O)C3O)C(OC)C2O)C(C)O1. The number of esters is 2. The molecule has 4 aliphatic carbocycles. The first-order chi connectivity index (χ1) is 38.5. The molecule has 8 aliphatic rings. The van der Waals surface area contributed by atoms with Crippen LogP contribution in [0, 0.1) is 28.6 Å². The van der Waals surface area contributed by atoms with Crippen LogP contribution in [0.4, 0.5) is 0 Å². The van der Waals surface area contributed by atoms with Gasteiger partial charge < -0.3 is 92.2 Å². The lowest BCUT2D eigenvalue weighted by Gasteiger charge is -2.64. The number of ether oxygens (including phenoxy) is 13. The molecule has 1 aromatic rings. The van der Waals surface area contributed by atoms with Crippen LogP contribution in [-0.4, -0.2) is 211 Å². The highest BCUT2D eigenvalue weighted by Gasteiger charge is 2.75. The molecule has 6 N–H and O–H groups in total. The third-order valence-electron chi connectivity index (χ3n) is 19.5. The number of ketones is 1. The first kappa shape index (κ1) is 62.2.